The maximum atomic E-state index is 12.8. The average molecular weight is 361 g/mol. The largest absolute Gasteiger partial charge is 0.338 e. The second kappa shape index (κ2) is 7.68. The smallest absolute Gasteiger partial charge is 0.322 e. The number of carbonyl (C=O) groups excluding carboxylic acids is 1. The summed E-state index contributed by atoms with van der Waals surface area (Å²) >= 11 is 0. The molecule has 0 bridgehead atoms. The van der Waals surface area contributed by atoms with Crippen molar-refractivity contribution in [1.29, 1.82) is 5.26 Å². The van der Waals surface area contributed by atoms with Gasteiger partial charge in [0.1, 0.15) is 0 Å². The first-order valence-corrected chi connectivity index (χ1v) is 9.39. The van der Waals surface area contributed by atoms with Crippen LogP contribution in [0.25, 0.3) is 0 Å². The third-order valence-electron chi connectivity index (χ3n) is 5.27. The number of para-hydroxylation sites is 2. The number of nitrogens with one attached hydrogen (secondary N) is 2. The van der Waals surface area contributed by atoms with Crippen molar-refractivity contribution in [3.63, 3.8) is 0 Å². The molecule has 0 spiro atoms. The molecule has 2 N–H and O–H groups in total. The lowest BCUT2D eigenvalue weighted by molar-refractivity contribution is 0.244. The van der Waals surface area contributed by atoms with Crippen molar-refractivity contribution >= 4 is 23.1 Å². The zero-order valence-electron chi connectivity index (χ0n) is 15.2. The fourth-order valence-electron chi connectivity index (χ4n) is 3.77. The van der Waals surface area contributed by atoms with E-state index in [1.54, 1.807) is 0 Å². The van der Waals surface area contributed by atoms with E-state index in [1.165, 1.54) is 0 Å². The van der Waals surface area contributed by atoms with Crippen molar-refractivity contribution < 1.29 is 4.79 Å². The van der Waals surface area contributed by atoms with Gasteiger partial charge in [0.2, 0.25) is 0 Å². The number of amides is 2. The molecule has 2 amide bonds. The minimum Gasteiger partial charge on any atom is -0.338 e. The van der Waals surface area contributed by atoms with E-state index >= 15 is 0 Å². The first-order valence-electron chi connectivity index (χ1n) is 9.39. The van der Waals surface area contributed by atoms with E-state index in [9.17, 15) is 4.79 Å². The van der Waals surface area contributed by atoms with E-state index in [1.807, 2.05) is 53.4 Å². The van der Waals surface area contributed by atoms with Crippen LogP contribution in [0.15, 0.2) is 48.5 Å². The Morgan fingerprint density at radius 2 is 1.93 bits per heavy atom. The first-order chi connectivity index (χ1) is 13.3. The van der Waals surface area contributed by atoms with Gasteiger partial charge in [-0.25, -0.2) is 4.79 Å². The van der Waals surface area contributed by atoms with Crippen LogP contribution in [0.5, 0.6) is 0 Å². The van der Waals surface area contributed by atoms with Crippen LogP contribution in [0, 0.1) is 17.2 Å². The first kappa shape index (κ1) is 17.4. The topological polar surface area (TPSA) is 71.4 Å². The molecule has 2 aliphatic rings. The molecule has 4 rings (SSSR count). The highest BCUT2D eigenvalue weighted by Gasteiger charge is 2.27. The van der Waals surface area contributed by atoms with Gasteiger partial charge in [0.25, 0.3) is 0 Å². The molecule has 6 nitrogen and oxygen atoms in total. The van der Waals surface area contributed by atoms with Gasteiger partial charge in [-0.2, -0.15) is 5.26 Å². The van der Waals surface area contributed by atoms with Crippen molar-refractivity contribution in [3.8, 4) is 6.07 Å². The summed E-state index contributed by atoms with van der Waals surface area (Å²) in [6.07, 6.45) is 1.11. The summed E-state index contributed by atoms with van der Waals surface area (Å²) in [5.41, 5.74) is 3.59. The standard InChI is InChI=1S/C21H23N5O/c22-13-16-5-7-18(8-6-16)25-11-12-26(20-4-2-1-3-19(20)25)21(27)24-15-17-9-10-23-14-17/h1-8,17,23H,9-12,14-15H2,(H,24,27)/t17-/m0/s1. The van der Waals surface area contributed by atoms with Crippen LogP contribution in [0.3, 0.4) is 0 Å². The Balaban J connectivity index is 1.53. The lowest BCUT2D eigenvalue weighted by Gasteiger charge is -2.37. The molecule has 2 aromatic rings. The third-order valence-corrected chi connectivity index (χ3v) is 5.27. The predicted octanol–water partition coefficient (Wildman–Crippen LogP) is 2.84. The number of nitrogens with zero attached hydrogens (tertiary/aromatic N) is 3. The Kier molecular flexibility index (Phi) is 4.95. The number of urea groups is 1. The SMILES string of the molecule is N#Cc1ccc(N2CCN(C(=O)NC[C@H]3CCNC3)c3ccccc32)cc1. The average Bonchev–Trinajstić information content (AvgIpc) is 3.25. The predicted molar refractivity (Wildman–Crippen MR) is 106 cm³/mol. The summed E-state index contributed by atoms with van der Waals surface area (Å²) in [6, 6.07) is 17.7. The van der Waals surface area contributed by atoms with Crippen LogP contribution in [0.4, 0.5) is 21.9 Å². The van der Waals surface area contributed by atoms with Gasteiger partial charge in [-0.1, -0.05) is 12.1 Å². The van der Waals surface area contributed by atoms with Gasteiger partial charge in [-0.3, -0.25) is 4.90 Å². The second-order valence-electron chi connectivity index (χ2n) is 7.00. The van der Waals surface area contributed by atoms with E-state index < -0.39 is 0 Å². The zero-order valence-corrected chi connectivity index (χ0v) is 15.2. The van der Waals surface area contributed by atoms with E-state index in [0.717, 1.165) is 36.6 Å². The molecule has 0 saturated carbocycles. The molecule has 2 heterocycles. The minimum absolute atomic E-state index is 0.0335. The summed E-state index contributed by atoms with van der Waals surface area (Å²) in [7, 11) is 0. The Morgan fingerprint density at radius 3 is 2.63 bits per heavy atom. The Hall–Kier alpha value is -3.04. The fourth-order valence-corrected chi connectivity index (χ4v) is 3.77. The second-order valence-corrected chi connectivity index (χ2v) is 7.00. The van der Waals surface area contributed by atoms with Gasteiger partial charge in [-0.05, 0) is 61.8 Å². The molecule has 1 saturated heterocycles. The van der Waals surface area contributed by atoms with Gasteiger partial charge in [0.15, 0.2) is 0 Å². The quantitative estimate of drug-likeness (QED) is 0.882. The summed E-state index contributed by atoms with van der Waals surface area (Å²) in [5.74, 6) is 0.518. The van der Waals surface area contributed by atoms with Crippen LogP contribution in [-0.2, 0) is 0 Å². The number of anilines is 3. The summed E-state index contributed by atoms with van der Waals surface area (Å²) < 4.78 is 0. The number of carbonyl (C=O) groups is 1. The van der Waals surface area contributed by atoms with Crippen LogP contribution < -0.4 is 20.4 Å². The number of nitriles is 1. The van der Waals surface area contributed by atoms with Crippen molar-refractivity contribution in [2.24, 2.45) is 5.92 Å². The van der Waals surface area contributed by atoms with E-state index in [0.29, 0.717) is 31.1 Å². The van der Waals surface area contributed by atoms with Crippen molar-refractivity contribution in [2.75, 3.05) is 42.5 Å². The fraction of sp³-hybridized carbons (Fsp3) is 0.333. The highest BCUT2D eigenvalue weighted by atomic mass is 16.2. The Bertz CT molecular complexity index is 852. The Labute approximate surface area is 159 Å². The molecule has 0 aliphatic carbocycles. The normalized spacial score (nSPS) is 18.7. The van der Waals surface area contributed by atoms with Crippen LogP contribution in [0.2, 0.25) is 0 Å². The molecular formula is C21H23N5O. The maximum absolute atomic E-state index is 12.8. The third kappa shape index (κ3) is 3.60. The maximum Gasteiger partial charge on any atom is 0.322 e. The monoisotopic (exact) mass is 361 g/mol. The lowest BCUT2D eigenvalue weighted by atomic mass is 10.1. The van der Waals surface area contributed by atoms with Crippen LogP contribution in [-0.4, -0.2) is 38.8 Å². The molecular weight excluding hydrogens is 338 g/mol. The molecule has 2 aromatic carbocycles. The Morgan fingerprint density at radius 1 is 1.15 bits per heavy atom. The lowest BCUT2D eigenvalue weighted by Crippen LogP contribution is -2.48. The molecule has 1 atom stereocenters. The number of rotatable bonds is 3. The highest BCUT2D eigenvalue weighted by Crippen LogP contribution is 2.37. The molecule has 1 fully saturated rings. The van der Waals surface area contributed by atoms with Gasteiger partial charge in [0.05, 0.1) is 23.0 Å². The van der Waals surface area contributed by atoms with E-state index in [2.05, 4.69) is 21.6 Å². The molecule has 2 aliphatic heterocycles. The van der Waals surface area contributed by atoms with Gasteiger partial charge in [-0.15, -0.1) is 0 Å². The van der Waals surface area contributed by atoms with Gasteiger partial charge < -0.3 is 15.5 Å². The minimum atomic E-state index is -0.0335. The molecule has 0 radical (unpaired) electrons. The van der Waals surface area contributed by atoms with Crippen LogP contribution in [0.1, 0.15) is 12.0 Å². The summed E-state index contributed by atoms with van der Waals surface area (Å²) in [4.78, 5) is 16.8. The molecule has 0 aromatic heterocycles. The number of hydrogen-bond acceptors (Lipinski definition) is 4. The zero-order chi connectivity index (χ0) is 18.6. The van der Waals surface area contributed by atoms with Crippen molar-refractivity contribution in [3.05, 3.63) is 54.1 Å². The number of hydrogen-bond donors (Lipinski definition) is 2. The van der Waals surface area contributed by atoms with Gasteiger partial charge in [0, 0.05) is 25.3 Å². The summed E-state index contributed by atoms with van der Waals surface area (Å²) in [5, 5.41) is 15.4. The highest BCUT2D eigenvalue weighted by molar-refractivity contribution is 5.97. The number of fused-ring (bicyclic) bond motifs is 1. The molecule has 138 valence electrons. The van der Waals surface area contributed by atoms with E-state index in [-0.39, 0.29) is 6.03 Å². The molecule has 27 heavy (non-hydrogen) atoms. The summed E-state index contributed by atoms with van der Waals surface area (Å²) in [6.45, 7) is 4.05. The molecule has 6 heteroatoms. The van der Waals surface area contributed by atoms with Crippen molar-refractivity contribution in [2.45, 2.75) is 6.42 Å². The van der Waals surface area contributed by atoms with Gasteiger partial charge >= 0.3 is 6.03 Å². The van der Waals surface area contributed by atoms with E-state index in [4.69, 9.17) is 5.26 Å². The van der Waals surface area contributed by atoms with Crippen molar-refractivity contribution in [1.82, 2.24) is 10.6 Å². The molecule has 0 unspecified atom stereocenters. The number of benzene rings is 2. The van der Waals surface area contributed by atoms with Crippen LogP contribution >= 0.6 is 0 Å².